The van der Waals surface area contributed by atoms with Crippen molar-refractivity contribution in [2.24, 2.45) is 17.6 Å². The van der Waals surface area contributed by atoms with Gasteiger partial charge in [0.15, 0.2) is 0 Å². The number of rotatable bonds is 5. The molecule has 4 rings (SSSR count). The van der Waals surface area contributed by atoms with Crippen LogP contribution in [0.1, 0.15) is 27.5 Å². The molecule has 2 N–H and O–H groups in total. The van der Waals surface area contributed by atoms with E-state index in [1.54, 1.807) is 19.2 Å². The molecule has 2 aliphatic heterocycles. The van der Waals surface area contributed by atoms with Gasteiger partial charge in [-0.1, -0.05) is 18.2 Å². The Bertz CT molecular complexity index is 886. The minimum atomic E-state index is -0.461. The SMILES string of the molecule is COc1ccc([C@@H]2[C@@H]3CN(C(=O)c4cc(CCN)ccc4F)C[C@@H]3CN2C)cc1. The molecule has 2 aromatic rings. The molecular formula is C23H28FN3O2. The summed E-state index contributed by atoms with van der Waals surface area (Å²) in [7, 11) is 3.80. The van der Waals surface area contributed by atoms with Gasteiger partial charge in [0, 0.05) is 31.6 Å². The summed E-state index contributed by atoms with van der Waals surface area (Å²) in [6, 6.07) is 13.1. The van der Waals surface area contributed by atoms with Crippen LogP contribution in [-0.2, 0) is 6.42 Å². The molecule has 1 amide bonds. The van der Waals surface area contributed by atoms with E-state index in [0.717, 1.165) is 17.9 Å². The maximum atomic E-state index is 14.4. The van der Waals surface area contributed by atoms with Crippen LogP contribution in [0.25, 0.3) is 0 Å². The molecule has 3 atom stereocenters. The van der Waals surface area contributed by atoms with Gasteiger partial charge in [-0.2, -0.15) is 0 Å². The van der Waals surface area contributed by atoms with Gasteiger partial charge in [-0.3, -0.25) is 9.69 Å². The number of hydrogen-bond donors (Lipinski definition) is 1. The van der Waals surface area contributed by atoms with E-state index in [9.17, 15) is 9.18 Å². The van der Waals surface area contributed by atoms with Crippen molar-refractivity contribution >= 4 is 5.91 Å². The minimum Gasteiger partial charge on any atom is -0.497 e. The third kappa shape index (κ3) is 3.74. The fourth-order valence-electron chi connectivity index (χ4n) is 4.96. The summed E-state index contributed by atoms with van der Waals surface area (Å²) in [4.78, 5) is 17.3. The quantitative estimate of drug-likeness (QED) is 0.843. The average Bonchev–Trinajstić information content (AvgIpc) is 3.26. The topological polar surface area (TPSA) is 58.8 Å². The van der Waals surface area contributed by atoms with Crippen molar-refractivity contribution in [1.29, 1.82) is 0 Å². The molecule has 154 valence electrons. The molecule has 2 fully saturated rings. The summed E-state index contributed by atoms with van der Waals surface area (Å²) < 4.78 is 19.7. The Balaban J connectivity index is 1.53. The number of hydrogen-bond acceptors (Lipinski definition) is 4. The van der Waals surface area contributed by atoms with Crippen molar-refractivity contribution in [3.8, 4) is 5.75 Å². The van der Waals surface area contributed by atoms with Gasteiger partial charge in [-0.05, 0) is 61.3 Å². The number of nitrogens with two attached hydrogens (primary N) is 1. The Morgan fingerprint density at radius 3 is 2.62 bits per heavy atom. The molecule has 0 bridgehead atoms. The van der Waals surface area contributed by atoms with Gasteiger partial charge in [0.2, 0.25) is 0 Å². The lowest BCUT2D eigenvalue weighted by Gasteiger charge is -2.27. The number of benzene rings is 2. The molecule has 5 nitrogen and oxygen atoms in total. The lowest BCUT2D eigenvalue weighted by molar-refractivity contribution is 0.0763. The minimum absolute atomic E-state index is 0.158. The van der Waals surface area contributed by atoms with Gasteiger partial charge in [-0.15, -0.1) is 0 Å². The zero-order valence-electron chi connectivity index (χ0n) is 17.0. The molecule has 2 heterocycles. The summed E-state index contributed by atoms with van der Waals surface area (Å²) in [5.74, 6) is 0.893. The maximum Gasteiger partial charge on any atom is 0.256 e. The van der Waals surface area contributed by atoms with E-state index in [1.165, 1.54) is 11.6 Å². The highest BCUT2D eigenvalue weighted by molar-refractivity contribution is 5.95. The van der Waals surface area contributed by atoms with Crippen molar-refractivity contribution < 1.29 is 13.9 Å². The third-order valence-electron chi connectivity index (χ3n) is 6.33. The highest BCUT2D eigenvalue weighted by atomic mass is 19.1. The molecule has 0 saturated carbocycles. The number of likely N-dealkylation sites (tertiary alicyclic amines) is 2. The normalized spacial score (nSPS) is 24.0. The summed E-state index contributed by atoms with van der Waals surface area (Å²) in [6.07, 6.45) is 0.635. The molecule has 0 aromatic heterocycles. The van der Waals surface area contributed by atoms with Gasteiger partial charge < -0.3 is 15.4 Å². The molecule has 0 aliphatic carbocycles. The Labute approximate surface area is 171 Å². The second kappa shape index (κ2) is 8.13. The van der Waals surface area contributed by atoms with Gasteiger partial charge in [0.1, 0.15) is 11.6 Å². The molecule has 0 spiro atoms. The van der Waals surface area contributed by atoms with Crippen molar-refractivity contribution in [3.63, 3.8) is 0 Å². The second-order valence-corrected chi connectivity index (χ2v) is 8.14. The van der Waals surface area contributed by atoms with Gasteiger partial charge >= 0.3 is 0 Å². The second-order valence-electron chi connectivity index (χ2n) is 8.14. The van der Waals surface area contributed by atoms with E-state index in [2.05, 4.69) is 24.1 Å². The van der Waals surface area contributed by atoms with E-state index in [-0.39, 0.29) is 17.5 Å². The molecule has 29 heavy (non-hydrogen) atoms. The number of halogens is 1. The van der Waals surface area contributed by atoms with Crippen LogP contribution in [0.4, 0.5) is 4.39 Å². The number of nitrogens with zero attached hydrogens (tertiary/aromatic N) is 2. The van der Waals surface area contributed by atoms with Gasteiger partial charge in [0.25, 0.3) is 5.91 Å². The summed E-state index contributed by atoms with van der Waals surface area (Å²) in [5, 5.41) is 0. The molecule has 2 aromatic carbocycles. The molecular weight excluding hydrogens is 369 g/mol. The standard InChI is InChI=1S/C23H28FN3O2/c1-26-12-17-13-27(23(28)19-11-15(9-10-25)3-8-21(19)24)14-20(17)22(26)16-4-6-18(29-2)7-5-16/h3-8,11,17,20,22H,9-10,12-14,25H2,1-2H3/t17-,20+,22+/m0/s1. The average molecular weight is 397 g/mol. The van der Waals surface area contributed by atoms with E-state index >= 15 is 0 Å². The van der Waals surface area contributed by atoms with E-state index in [4.69, 9.17) is 10.5 Å². The predicted octanol–water partition coefficient (Wildman–Crippen LogP) is 2.71. The number of ether oxygens (including phenoxy) is 1. The molecule has 2 aliphatic rings. The van der Waals surface area contributed by atoms with E-state index in [0.29, 0.717) is 37.9 Å². The van der Waals surface area contributed by atoms with Crippen LogP contribution in [0.15, 0.2) is 42.5 Å². The number of carbonyl (C=O) groups is 1. The van der Waals surface area contributed by atoms with Crippen LogP contribution in [0.3, 0.4) is 0 Å². The first kappa shape index (κ1) is 19.9. The van der Waals surface area contributed by atoms with Crippen molar-refractivity contribution in [1.82, 2.24) is 9.80 Å². The van der Waals surface area contributed by atoms with Crippen LogP contribution in [0, 0.1) is 17.7 Å². The smallest absolute Gasteiger partial charge is 0.256 e. The Morgan fingerprint density at radius 2 is 1.93 bits per heavy atom. The fourth-order valence-corrected chi connectivity index (χ4v) is 4.96. The Kier molecular flexibility index (Phi) is 5.56. The number of carbonyl (C=O) groups excluding carboxylic acids is 1. The maximum absolute atomic E-state index is 14.4. The van der Waals surface area contributed by atoms with Crippen LogP contribution < -0.4 is 10.5 Å². The first-order valence-electron chi connectivity index (χ1n) is 10.1. The number of amides is 1. The van der Waals surface area contributed by atoms with Crippen LogP contribution >= 0.6 is 0 Å². The van der Waals surface area contributed by atoms with Crippen LogP contribution in [-0.4, -0.2) is 56.0 Å². The summed E-state index contributed by atoms with van der Waals surface area (Å²) in [6.45, 7) is 2.72. The molecule has 2 saturated heterocycles. The van der Waals surface area contributed by atoms with Crippen LogP contribution in [0.2, 0.25) is 0 Å². The monoisotopic (exact) mass is 397 g/mol. The third-order valence-corrected chi connectivity index (χ3v) is 6.33. The predicted molar refractivity (Wildman–Crippen MR) is 110 cm³/mol. The zero-order chi connectivity index (χ0) is 20.5. The summed E-state index contributed by atoms with van der Waals surface area (Å²) >= 11 is 0. The Morgan fingerprint density at radius 1 is 1.17 bits per heavy atom. The summed E-state index contributed by atoms with van der Waals surface area (Å²) in [5.41, 5.74) is 7.89. The first-order valence-corrected chi connectivity index (χ1v) is 10.1. The molecule has 0 unspecified atom stereocenters. The molecule has 6 heteroatoms. The van der Waals surface area contributed by atoms with Crippen LogP contribution in [0.5, 0.6) is 5.75 Å². The molecule has 0 radical (unpaired) electrons. The van der Waals surface area contributed by atoms with Gasteiger partial charge in [0.05, 0.1) is 12.7 Å². The van der Waals surface area contributed by atoms with Crippen molar-refractivity contribution in [2.75, 3.05) is 40.3 Å². The Hall–Kier alpha value is -2.44. The highest BCUT2D eigenvalue weighted by Crippen LogP contribution is 2.44. The largest absolute Gasteiger partial charge is 0.497 e. The first-order chi connectivity index (χ1) is 14.0. The van der Waals surface area contributed by atoms with Crippen molar-refractivity contribution in [3.05, 3.63) is 65.0 Å². The number of fused-ring (bicyclic) bond motifs is 1. The fraction of sp³-hybridized carbons (Fsp3) is 0.435. The van der Waals surface area contributed by atoms with E-state index in [1.807, 2.05) is 17.0 Å². The lowest BCUT2D eigenvalue weighted by atomic mass is 9.89. The highest BCUT2D eigenvalue weighted by Gasteiger charge is 2.47. The zero-order valence-corrected chi connectivity index (χ0v) is 17.0. The lowest BCUT2D eigenvalue weighted by Crippen LogP contribution is -2.34. The van der Waals surface area contributed by atoms with Gasteiger partial charge in [-0.25, -0.2) is 4.39 Å². The number of methoxy groups -OCH3 is 1. The van der Waals surface area contributed by atoms with E-state index < -0.39 is 5.82 Å². The van der Waals surface area contributed by atoms with Crippen molar-refractivity contribution in [2.45, 2.75) is 12.5 Å².